The summed E-state index contributed by atoms with van der Waals surface area (Å²) < 4.78 is 70.2. The highest BCUT2D eigenvalue weighted by Gasteiger charge is 2.29. The first-order valence-electron chi connectivity index (χ1n) is 13.1. The number of nitrogens with zero attached hydrogens (tertiary/aromatic N) is 3. The Bertz CT molecular complexity index is 2020. The molecule has 0 aliphatic carbocycles. The number of esters is 1. The van der Waals surface area contributed by atoms with Crippen molar-refractivity contribution in [2.75, 3.05) is 7.11 Å². The van der Waals surface area contributed by atoms with Crippen LogP contribution in [0.4, 0.5) is 19.1 Å². The minimum absolute atomic E-state index is 0.0290. The van der Waals surface area contributed by atoms with E-state index in [0.717, 1.165) is 6.07 Å². The number of hydrogen-bond acceptors (Lipinski definition) is 9. The Hall–Kier alpha value is -3.97. The number of methoxy groups -OCH3 is 1. The quantitative estimate of drug-likeness (QED) is 0.0995. The predicted molar refractivity (Wildman–Crippen MR) is 166 cm³/mol. The van der Waals surface area contributed by atoms with Crippen LogP contribution in [0.3, 0.4) is 0 Å². The maximum Gasteiger partial charge on any atom is 0.399 e. The number of carbonyl (C=O) groups excluding carboxylic acids is 1. The van der Waals surface area contributed by atoms with Crippen molar-refractivity contribution in [2.45, 2.75) is 12.7 Å². The van der Waals surface area contributed by atoms with Crippen molar-refractivity contribution in [3.8, 4) is 22.1 Å². The molecule has 0 amide bonds. The maximum atomic E-state index is 14.9. The molecule has 0 aliphatic rings. The third kappa shape index (κ3) is 8.05. The van der Waals surface area contributed by atoms with Crippen LogP contribution in [0.2, 0.25) is 10.0 Å². The van der Waals surface area contributed by atoms with Gasteiger partial charge in [-0.25, -0.2) is 18.9 Å². The molecule has 0 spiro atoms. The van der Waals surface area contributed by atoms with E-state index in [1.54, 1.807) is 60.7 Å². The molecule has 0 fully saturated rings. The van der Waals surface area contributed by atoms with Gasteiger partial charge in [0.05, 0.1) is 41.1 Å². The van der Waals surface area contributed by atoms with Crippen molar-refractivity contribution in [3.05, 3.63) is 122 Å². The zero-order valence-electron chi connectivity index (χ0n) is 23.5. The molecule has 4 aromatic carbocycles. The first-order chi connectivity index (χ1) is 22.1. The maximum absolute atomic E-state index is 14.9. The first kappa shape index (κ1) is 33.4. The highest BCUT2D eigenvalue weighted by Crippen LogP contribution is 2.52. The lowest BCUT2D eigenvalue weighted by atomic mass is 10.1. The first-order valence-corrected chi connectivity index (χ1v) is 16.4. The summed E-state index contributed by atoms with van der Waals surface area (Å²) in [6.07, 6.45) is -0.955. The van der Waals surface area contributed by atoms with Gasteiger partial charge in [0, 0.05) is 11.1 Å². The van der Waals surface area contributed by atoms with Gasteiger partial charge in [-0.15, -0.1) is 9.46 Å². The summed E-state index contributed by atoms with van der Waals surface area (Å²) in [6.45, 7) is 0.0290. The summed E-state index contributed by atoms with van der Waals surface area (Å²) in [7, 11) is -3.50. The lowest BCUT2D eigenvalue weighted by molar-refractivity contribution is -0.0881. The molecule has 0 aliphatic heterocycles. The Morgan fingerprint density at radius 1 is 0.957 bits per heavy atom. The Labute approximate surface area is 273 Å². The second-order valence-electron chi connectivity index (χ2n) is 9.54. The molecule has 0 atom stereocenters. The third-order valence-corrected chi connectivity index (χ3v) is 9.23. The van der Waals surface area contributed by atoms with Crippen LogP contribution < -0.4 is 9.54 Å². The highest BCUT2D eigenvalue weighted by atomic mass is 35.5. The fourth-order valence-corrected chi connectivity index (χ4v) is 6.17. The van der Waals surface area contributed by atoms with E-state index in [-0.39, 0.29) is 12.1 Å². The average Bonchev–Trinajstić information content (AvgIpc) is 3.45. The van der Waals surface area contributed by atoms with E-state index in [4.69, 9.17) is 37.8 Å². The average molecular weight is 710 g/mol. The second kappa shape index (κ2) is 14.6. The molecule has 9 nitrogen and oxygen atoms in total. The van der Waals surface area contributed by atoms with Crippen molar-refractivity contribution in [3.63, 3.8) is 0 Å². The van der Waals surface area contributed by atoms with Gasteiger partial charge in [-0.2, -0.15) is 5.10 Å². The molecule has 0 bridgehead atoms. The molecule has 5 rings (SSSR count). The number of benzene rings is 4. The van der Waals surface area contributed by atoms with Gasteiger partial charge >= 0.3 is 13.6 Å². The number of rotatable bonds is 11. The molecule has 0 N–H and O–H groups in total. The normalized spacial score (nSPS) is 11.9. The smallest absolute Gasteiger partial charge is 0.399 e. The Kier molecular flexibility index (Phi) is 10.6. The number of hydrogen-bond donors (Lipinski definition) is 0. The molecule has 238 valence electrons. The molecule has 0 saturated carbocycles. The van der Waals surface area contributed by atoms with Crippen molar-refractivity contribution in [1.29, 1.82) is 0 Å². The third-order valence-electron chi connectivity index (χ3n) is 6.34. The van der Waals surface area contributed by atoms with Crippen LogP contribution in [0, 0.1) is 5.82 Å². The fourth-order valence-electron chi connectivity index (χ4n) is 4.17. The van der Waals surface area contributed by atoms with Crippen LogP contribution in [0.5, 0.6) is 11.5 Å². The highest BCUT2D eigenvalue weighted by molar-refractivity contribution is 7.52. The minimum Gasteiger partial charge on any atom is -0.465 e. The van der Waals surface area contributed by atoms with Crippen LogP contribution in [-0.4, -0.2) is 22.9 Å². The van der Waals surface area contributed by atoms with E-state index in [9.17, 15) is 22.8 Å². The van der Waals surface area contributed by atoms with Crippen LogP contribution in [0.25, 0.3) is 10.6 Å². The second-order valence-corrected chi connectivity index (χ2v) is 13.1. The van der Waals surface area contributed by atoms with Gasteiger partial charge < -0.3 is 9.47 Å². The zero-order chi connectivity index (χ0) is 32.8. The van der Waals surface area contributed by atoms with Crippen molar-refractivity contribution in [1.82, 2.24) is 9.78 Å². The number of ether oxygens (including phenoxy) is 2. The largest absolute Gasteiger partial charge is 0.465 e. The zero-order valence-corrected chi connectivity index (χ0v) is 26.8. The summed E-state index contributed by atoms with van der Waals surface area (Å²) >= 11 is 13.5. The molecular formula is C30H21Cl2F3N3O6PS. The van der Waals surface area contributed by atoms with Gasteiger partial charge in [-0.1, -0.05) is 64.9 Å². The molecule has 0 unspecified atom stereocenters. The van der Waals surface area contributed by atoms with Crippen molar-refractivity contribution >= 4 is 53.8 Å². The lowest BCUT2D eigenvalue weighted by Crippen LogP contribution is -2.17. The SMILES string of the molecule is COC(=O)c1cccc(Oc2cccc(-c3nn(Cc4ccc(CP(=O)(OF)OF)c(F)c4)c(=Nc4ccc(Cl)c(Cl)c4)s3)c2)c1. The van der Waals surface area contributed by atoms with E-state index < -0.39 is 25.5 Å². The topological polar surface area (TPSA) is 101 Å². The Morgan fingerprint density at radius 3 is 2.39 bits per heavy atom. The van der Waals surface area contributed by atoms with E-state index in [2.05, 4.69) is 14.4 Å². The van der Waals surface area contributed by atoms with Crippen molar-refractivity contribution < 1.29 is 41.7 Å². The van der Waals surface area contributed by atoms with Gasteiger partial charge in [0.2, 0.25) is 4.80 Å². The Morgan fingerprint density at radius 2 is 1.70 bits per heavy atom. The molecule has 0 radical (unpaired) electrons. The van der Waals surface area contributed by atoms with E-state index in [1.165, 1.54) is 35.3 Å². The van der Waals surface area contributed by atoms with Crippen molar-refractivity contribution in [2.24, 2.45) is 4.99 Å². The summed E-state index contributed by atoms with van der Waals surface area (Å²) in [5.74, 6) is -0.495. The molecule has 0 saturated heterocycles. The van der Waals surface area contributed by atoms with E-state index in [0.29, 0.717) is 53.7 Å². The molecular weight excluding hydrogens is 689 g/mol. The number of aromatic nitrogens is 2. The summed E-state index contributed by atoms with van der Waals surface area (Å²) in [5, 5.41) is 5.89. The molecule has 16 heteroatoms. The van der Waals surface area contributed by atoms with Gasteiger partial charge in [0.1, 0.15) is 22.3 Å². The molecule has 1 heterocycles. The fraction of sp³-hybridized carbons (Fsp3) is 0.100. The van der Waals surface area contributed by atoms with E-state index in [1.807, 2.05) is 6.07 Å². The van der Waals surface area contributed by atoms with Gasteiger partial charge in [-0.3, -0.25) is 4.57 Å². The molecule has 5 aromatic rings. The molecule has 46 heavy (non-hydrogen) atoms. The summed E-state index contributed by atoms with van der Waals surface area (Å²) in [4.78, 5) is 17.0. The standard InChI is InChI=1S/C30H21Cl2F3N3O6PS/c1-41-29(39)20-5-3-7-24(14-20)42-23-6-2-4-19(13-23)28-37-38(30(46-28)36-22-10-11-25(31)26(32)15-22)16-18-8-9-21(27(33)12-18)17-45(40,43-34)44-35/h2-15H,16-17H2,1H3. The predicted octanol–water partition coefficient (Wildman–Crippen LogP) is 9.41. The van der Waals surface area contributed by atoms with Crippen LogP contribution >= 0.6 is 42.1 Å². The van der Waals surface area contributed by atoms with Gasteiger partial charge in [0.15, 0.2) is 0 Å². The van der Waals surface area contributed by atoms with E-state index >= 15 is 0 Å². The lowest BCUT2D eigenvalue weighted by Gasteiger charge is -2.09. The summed E-state index contributed by atoms with van der Waals surface area (Å²) in [6, 6.07) is 22.3. The van der Waals surface area contributed by atoms with Crippen LogP contribution in [0.15, 0.2) is 89.9 Å². The van der Waals surface area contributed by atoms with Gasteiger partial charge in [0.25, 0.3) is 0 Å². The monoisotopic (exact) mass is 709 g/mol. The van der Waals surface area contributed by atoms with Crippen LogP contribution in [0.1, 0.15) is 21.5 Å². The molecule has 1 aromatic heterocycles. The Balaban J connectivity index is 1.49. The number of carbonyl (C=O) groups is 1. The summed E-state index contributed by atoms with van der Waals surface area (Å²) in [5.41, 5.74) is 1.62. The van der Waals surface area contributed by atoms with Gasteiger partial charge in [-0.05, 0) is 69.2 Å². The minimum atomic E-state index is -4.79. The van der Waals surface area contributed by atoms with Crippen LogP contribution in [-0.2, 0) is 31.5 Å². The number of halogens is 5.